The van der Waals surface area contributed by atoms with E-state index in [-0.39, 0.29) is 4.90 Å². The molecule has 2 aromatic rings. The van der Waals surface area contributed by atoms with Crippen molar-refractivity contribution in [3.63, 3.8) is 0 Å². The summed E-state index contributed by atoms with van der Waals surface area (Å²) in [7, 11) is -4.15. The molecule has 0 aliphatic carbocycles. The van der Waals surface area contributed by atoms with Crippen molar-refractivity contribution < 1.29 is 13.0 Å². The maximum absolute atomic E-state index is 10.9. The third-order valence-electron chi connectivity index (χ3n) is 2.18. The van der Waals surface area contributed by atoms with Crippen LogP contribution in [0.2, 0.25) is 0 Å². The third-order valence-corrected chi connectivity index (χ3v) is 3.03. The van der Waals surface area contributed by atoms with Crippen LogP contribution in [-0.2, 0) is 10.1 Å². The van der Waals surface area contributed by atoms with E-state index in [2.05, 4.69) is 0 Å². The maximum Gasteiger partial charge on any atom is 0.294 e. The van der Waals surface area contributed by atoms with Gasteiger partial charge in [-0.25, -0.2) is 0 Å². The van der Waals surface area contributed by atoms with Gasteiger partial charge in [0.1, 0.15) is 0 Å². The molecule has 0 aromatic heterocycles. The van der Waals surface area contributed by atoms with Gasteiger partial charge in [0.25, 0.3) is 10.1 Å². The van der Waals surface area contributed by atoms with Crippen LogP contribution in [0.3, 0.4) is 0 Å². The Kier molecular flexibility index (Phi) is 4.09. The van der Waals surface area contributed by atoms with Gasteiger partial charge in [0.05, 0.1) is 4.90 Å². The Labute approximate surface area is 101 Å². The quantitative estimate of drug-likeness (QED) is 0.605. The number of anilines is 1. The Morgan fingerprint density at radius 3 is 2.35 bits per heavy atom. The van der Waals surface area contributed by atoms with Gasteiger partial charge in [0.15, 0.2) is 0 Å². The van der Waals surface area contributed by atoms with E-state index in [1.165, 1.54) is 12.1 Å². The van der Waals surface area contributed by atoms with Gasteiger partial charge in [-0.1, -0.05) is 32.0 Å². The highest BCUT2D eigenvalue weighted by Crippen LogP contribution is 2.23. The van der Waals surface area contributed by atoms with Gasteiger partial charge in [0, 0.05) is 11.1 Å². The van der Waals surface area contributed by atoms with Gasteiger partial charge in [-0.15, -0.1) is 0 Å². The Bertz CT molecular complexity index is 621. The van der Waals surface area contributed by atoms with Crippen molar-refractivity contribution in [3.8, 4) is 0 Å². The van der Waals surface area contributed by atoms with Crippen LogP contribution >= 0.6 is 0 Å². The van der Waals surface area contributed by atoms with Crippen molar-refractivity contribution in [1.82, 2.24) is 0 Å². The summed E-state index contributed by atoms with van der Waals surface area (Å²) in [5.74, 6) is 0. The summed E-state index contributed by atoms with van der Waals surface area (Å²) < 4.78 is 30.6. The lowest BCUT2D eigenvalue weighted by atomic mass is 10.1. The van der Waals surface area contributed by atoms with Crippen LogP contribution in [0.1, 0.15) is 13.8 Å². The van der Waals surface area contributed by atoms with E-state index in [4.69, 9.17) is 10.3 Å². The first kappa shape index (κ1) is 13.5. The van der Waals surface area contributed by atoms with E-state index < -0.39 is 10.1 Å². The molecule has 0 saturated carbocycles. The summed E-state index contributed by atoms with van der Waals surface area (Å²) in [6, 6.07) is 9.49. The molecule has 2 rings (SSSR count). The van der Waals surface area contributed by atoms with Crippen LogP contribution in [0.25, 0.3) is 10.8 Å². The van der Waals surface area contributed by atoms with Crippen molar-refractivity contribution >= 4 is 26.6 Å². The molecule has 0 amide bonds. The summed E-state index contributed by atoms with van der Waals surface area (Å²) in [6.45, 7) is 4.00. The molecule has 3 N–H and O–H groups in total. The number of nitrogens with two attached hydrogens (primary N) is 1. The smallest absolute Gasteiger partial charge is 0.294 e. The number of rotatable bonds is 1. The largest absolute Gasteiger partial charge is 0.398 e. The minimum Gasteiger partial charge on any atom is -0.398 e. The Morgan fingerprint density at radius 1 is 1.12 bits per heavy atom. The second-order valence-electron chi connectivity index (χ2n) is 3.21. The zero-order valence-electron chi connectivity index (χ0n) is 9.71. The predicted octanol–water partition coefficient (Wildman–Crippen LogP) is 2.69. The molecular weight excluding hydrogens is 238 g/mol. The SMILES string of the molecule is CC.Nc1cccc2cc(S(=O)(=O)O)ccc12. The first-order valence-corrected chi connectivity index (χ1v) is 6.68. The van der Waals surface area contributed by atoms with Crippen LogP contribution in [-0.4, -0.2) is 13.0 Å². The molecule has 0 unspecified atom stereocenters. The first-order chi connectivity index (χ1) is 7.98. The van der Waals surface area contributed by atoms with Crippen molar-refractivity contribution in [2.24, 2.45) is 0 Å². The molecule has 92 valence electrons. The van der Waals surface area contributed by atoms with E-state index in [0.29, 0.717) is 11.1 Å². The van der Waals surface area contributed by atoms with Crippen LogP contribution in [0.5, 0.6) is 0 Å². The van der Waals surface area contributed by atoms with E-state index in [1.807, 2.05) is 13.8 Å². The fourth-order valence-electron chi connectivity index (χ4n) is 1.45. The molecule has 0 saturated heterocycles. The van der Waals surface area contributed by atoms with Gasteiger partial charge < -0.3 is 5.73 Å². The zero-order valence-corrected chi connectivity index (χ0v) is 10.5. The molecule has 0 radical (unpaired) electrons. The monoisotopic (exact) mass is 253 g/mol. The van der Waals surface area contributed by atoms with Gasteiger partial charge in [-0.2, -0.15) is 8.42 Å². The van der Waals surface area contributed by atoms with Crippen LogP contribution in [0.15, 0.2) is 41.3 Å². The molecule has 0 heterocycles. The van der Waals surface area contributed by atoms with Gasteiger partial charge >= 0.3 is 0 Å². The second kappa shape index (κ2) is 5.16. The molecule has 0 fully saturated rings. The van der Waals surface area contributed by atoms with E-state index in [0.717, 1.165) is 5.39 Å². The number of nitrogen functional groups attached to an aromatic ring is 1. The second-order valence-corrected chi connectivity index (χ2v) is 4.63. The molecule has 17 heavy (non-hydrogen) atoms. The lowest BCUT2D eigenvalue weighted by Gasteiger charge is -2.03. The average Bonchev–Trinajstić information content (AvgIpc) is 2.30. The Hall–Kier alpha value is -1.59. The van der Waals surface area contributed by atoms with Crippen LogP contribution < -0.4 is 5.73 Å². The number of hydrogen-bond acceptors (Lipinski definition) is 3. The van der Waals surface area contributed by atoms with E-state index in [9.17, 15) is 8.42 Å². The summed E-state index contributed by atoms with van der Waals surface area (Å²) >= 11 is 0. The zero-order chi connectivity index (χ0) is 13.1. The minimum atomic E-state index is -4.15. The Balaban J connectivity index is 0.000000686. The van der Waals surface area contributed by atoms with Gasteiger partial charge in [-0.05, 0) is 23.6 Å². The van der Waals surface area contributed by atoms with Gasteiger partial charge in [-0.3, -0.25) is 4.55 Å². The molecule has 2 aromatic carbocycles. The average molecular weight is 253 g/mol. The summed E-state index contributed by atoms with van der Waals surface area (Å²) in [5.41, 5.74) is 6.28. The van der Waals surface area contributed by atoms with Crippen molar-refractivity contribution in [2.45, 2.75) is 18.7 Å². The van der Waals surface area contributed by atoms with Crippen LogP contribution in [0, 0.1) is 0 Å². The van der Waals surface area contributed by atoms with E-state index in [1.54, 1.807) is 24.3 Å². The standard InChI is InChI=1S/C10H9NO3S.C2H6/c11-10-3-1-2-7-6-8(15(12,13)14)4-5-9(7)10;1-2/h1-6H,11H2,(H,12,13,14);1-2H3. The molecule has 0 aliphatic heterocycles. The van der Waals surface area contributed by atoms with Gasteiger partial charge in [0.2, 0.25) is 0 Å². The summed E-state index contributed by atoms with van der Waals surface area (Å²) in [4.78, 5) is -0.124. The number of fused-ring (bicyclic) bond motifs is 1. The fraction of sp³-hybridized carbons (Fsp3) is 0.167. The Morgan fingerprint density at radius 2 is 1.76 bits per heavy atom. The van der Waals surface area contributed by atoms with Crippen molar-refractivity contribution in [3.05, 3.63) is 36.4 Å². The molecule has 0 bridgehead atoms. The number of hydrogen-bond donors (Lipinski definition) is 2. The van der Waals surface area contributed by atoms with Crippen molar-refractivity contribution in [2.75, 3.05) is 5.73 Å². The minimum absolute atomic E-state index is 0.124. The van der Waals surface area contributed by atoms with Crippen molar-refractivity contribution in [1.29, 1.82) is 0 Å². The molecule has 0 atom stereocenters. The molecule has 5 heteroatoms. The first-order valence-electron chi connectivity index (χ1n) is 5.24. The fourth-order valence-corrected chi connectivity index (χ4v) is 1.96. The number of benzene rings is 2. The topological polar surface area (TPSA) is 80.4 Å². The molecule has 0 aliphatic rings. The predicted molar refractivity (Wildman–Crippen MR) is 69.5 cm³/mol. The third kappa shape index (κ3) is 2.95. The highest BCUT2D eigenvalue weighted by atomic mass is 32.2. The maximum atomic E-state index is 10.9. The normalized spacial score (nSPS) is 10.8. The summed E-state index contributed by atoms with van der Waals surface area (Å²) in [5, 5.41) is 1.45. The molecule has 0 spiro atoms. The summed E-state index contributed by atoms with van der Waals surface area (Å²) in [6.07, 6.45) is 0. The molecule has 4 nitrogen and oxygen atoms in total. The molecular formula is C12H15NO3S. The van der Waals surface area contributed by atoms with E-state index >= 15 is 0 Å². The van der Waals surface area contributed by atoms with Crippen LogP contribution in [0.4, 0.5) is 5.69 Å². The highest BCUT2D eigenvalue weighted by molar-refractivity contribution is 7.85. The lowest BCUT2D eigenvalue weighted by Crippen LogP contribution is -1.97. The lowest BCUT2D eigenvalue weighted by molar-refractivity contribution is 0.483. The highest BCUT2D eigenvalue weighted by Gasteiger charge is 2.09.